The van der Waals surface area contributed by atoms with Crippen LogP contribution in [-0.4, -0.2) is 9.97 Å². The van der Waals surface area contributed by atoms with Crippen LogP contribution in [-0.2, 0) is 16.2 Å². The molecule has 38 heavy (non-hydrogen) atoms. The van der Waals surface area contributed by atoms with Gasteiger partial charge in [-0.1, -0.05) is 79.2 Å². The molecule has 0 N–H and O–H groups in total. The minimum Gasteiger partial charge on any atom is -0.241 e. The van der Waals surface area contributed by atoms with E-state index >= 15 is 0 Å². The molecule has 2 atom stereocenters. The van der Waals surface area contributed by atoms with Gasteiger partial charge in [-0.3, -0.25) is 0 Å². The van der Waals surface area contributed by atoms with Crippen LogP contribution in [0, 0.1) is 0 Å². The maximum atomic E-state index is 5.44. The van der Waals surface area contributed by atoms with Crippen LogP contribution < -0.4 is 0 Å². The van der Waals surface area contributed by atoms with Gasteiger partial charge in [0.2, 0.25) is 0 Å². The Kier molecular flexibility index (Phi) is 4.20. The van der Waals surface area contributed by atoms with E-state index in [4.69, 9.17) is 9.97 Å². The first-order valence-corrected chi connectivity index (χ1v) is 15.3. The summed E-state index contributed by atoms with van der Waals surface area (Å²) < 4.78 is 2.60. The topological polar surface area (TPSA) is 25.8 Å². The Morgan fingerprint density at radius 1 is 0.500 bits per heavy atom. The van der Waals surface area contributed by atoms with Gasteiger partial charge in [0, 0.05) is 16.2 Å². The fraction of sp³-hybridized carbons (Fsp3) is 0.235. The molecule has 4 aromatic carbocycles. The highest BCUT2D eigenvalue weighted by Gasteiger charge is 2.75. The molecule has 0 saturated heterocycles. The van der Waals surface area contributed by atoms with Crippen LogP contribution in [0.2, 0.25) is 0 Å². The van der Waals surface area contributed by atoms with Crippen LogP contribution in [0.25, 0.3) is 31.6 Å². The zero-order valence-corrected chi connectivity index (χ0v) is 22.6. The molecule has 2 nitrogen and oxygen atoms in total. The summed E-state index contributed by atoms with van der Waals surface area (Å²) in [6, 6.07) is 36.0. The number of rotatable bonds is 2. The molecule has 184 valence electrons. The summed E-state index contributed by atoms with van der Waals surface area (Å²) in [6.07, 6.45) is 5.83. The van der Waals surface area contributed by atoms with Crippen LogP contribution >= 0.6 is 22.7 Å². The van der Waals surface area contributed by atoms with Gasteiger partial charge in [-0.05, 0) is 72.2 Å². The molecule has 1 spiro atoms. The van der Waals surface area contributed by atoms with Gasteiger partial charge in [0.05, 0.1) is 20.4 Å². The molecule has 3 aliphatic rings. The van der Waals surface area contributed by atoms with Gasteiger partial charge in [0.25, 0.3) is 0 Å². The largest absolute Gasteiger partial charge is 0.241 e. The van der Waals surface area contributed by atoms with Crippen molar-refractivity contribution in [2.24, 2.45) is 0 Å². The number of aromatic nitrogens is 2. The van der Waals surface area contributed by atoms with Crippen molar-refractivity contribution in [1.82, 2.24) is 9.97 Å². The van der Waals surface area contributed by atoms with Crippen LogP contribution in [0.4, 0.5) is 0 Å². The van der Waals surface area contributed by atoms with Crippen LogP contribution in [0.3, 0.4) is 0 Å². The molecule has 2 fully saturated rings. The molecule has 0 amide bonds. The van der Waals surface area contributed by atoms with E-state index in [0.717, 1.165) is 23.9 Å². The Bertz CT molecular complexity index is 1690. The molecule has 6 aromatic rings. The lowest BCUT2D eigenvalue weighted by Gasteiger charge is -2.56. The van der Waals surface area contributed by atoms with Crippen molar-refractivity contribution < 1.29 is 0 Å². The molecule has 2 aromatic heterocycles. The quantitative estimate of drug-likeness (QED) is 0.225. The Morgan fingerprint density at radius 3 is 1.45 bits per heavy atom. The molecule has 2 heterocycles. The zero-order valence-electron chi connectivity index (χ0n) is 21.0. The minimum absolute atomic E-state index is 0.0600. The normalized spacial score (nSPS) is 24.7. The van der Waals surface area contributed by atoms with E-state index in [9.17, 15) is 0 Å². The molecular weight excluding hydrogens is 501 g/mol. The number of hydrogen-bond acceptors (Lipinski definition) is 4. The second-order valence-corrected chi connectivity index (χ2v) is 13.4. The lowest BCUT2D eigenvalue weighted by Crippen LogP contribution is -2.58. The van der Waals surface area contributed by atoms with Crippen molar-refractivity contribution >= 4 is 43.1 Å². The highest BCUT2D eigenvalue weighted by Crippen LogP contribution is 2.77. The van der Waals surface area contributed by atoms with E-state index in [-0.39, 0.29) is 16.2 Å². The summed E-state index contributed by atoms with van der Waals surface area (Å²) in [4.78, 5) is 10.9. The lowest BCUT2D eigenvalue weighted by molar-refractivity contribution is 0.144. The maximum absolute atomic E-state index is 5.44. The molecule has 2 unspecified atom stereocenters. The highest BCUT2D eigenvalue weighted by molar-refractivity contribution is 7.19. The summed E-state index contributed by atoms with van der Waals surface area (Å²) in [5.74, 6) is 0. The second-order valence-electron chi connectivity index (χ2n) is 11.3. The third-order valence-electron chi connectivity index (χ3n) is 9.98. The van der Waals surface area contributed by atoms with Crippen molar-refractivity contribution in [1.29, 1.82) is 0 Å². The summed E-state index contributed by atoms with van der Waals surface area (Å²) >= 11 is 3.87. The van der Waals surface area contributed by atoms with E-state index in [1.165, 1.54) is 60.9 Å². The minimum atomic E-state index is -0.187. The van der Waals surface area contributed by atoms with Gasteiger partial charge >= 0.3 is 0 Å². The molecule has 0 aliphatic heterocycles. The summed E-state index contributed by atoms with van der Waals surface area (Å²) in [7, 11) is 0. The van der Waals surface area contributed by atoms with E-state index in [1.54, 1.807) is 0 Å². The standard InChI is InChI=1S/C34H26N2S2/c1-3-12-24-22(10-1)23-11-2-4-13-25(23)34(24)32(30-35-26-14-5-7-16-28(26)37-30)18-9-19-33(34,21-20-32)31-36-27-15-6-8-17-29(27)38-31/h1-8,10-17H,9,18-21H2. The molecule has 2 saturated carbocycles. The Morgan fingerprint density at radius 2 is 0.947 bits per heavy atom. The summed E-state index contributed by atoms with van der Waals surface area (Å²) in [5, 5.41) is 2.65. The first kappa shape index (κ1) is 21.6. The molecular formula is C34H26N2S2. The van der Waals surface area contributed by atoms with Crippen molar-refractivity contribution in [2.45, 2.75) is 48.3 Å². The average molecular weight is 527 g/mol. The van der Waals surface area contributed by atoms with Gasteiger partial charge < -0.3 is 0 Å². The van der Waals surface area contributed by atoms with Crippen LogP contribution in [0.1, 0.15) is 53.2 Å². The first-order chi connectivity index (χ1) is 18.8. The Balaban J connectivity index is 1.44. The first-order valence-electron chi connectivity index (χ1n) is 13.7. The fourth-order valence-electron chi connectivity index (χ4n) is 8.75. The number of nitrogens with zero attached hydrogens (tertiary/aromatic N) is 2. The second kappa shape index (κ2) is 7.40. The molecule has 2 bridgehead atoms. The Labute approximate surface area is 230 Å². The lowest BCUT2D eigenvalue weighted by atomic mass is 9.46. The third kappa shape index (κ3) is 2.36. The van der Waals surface area contributed by atoms with E-state index in [2.05, 4.69) is 97.1 Å². The van der Waals surface area contributed by atoms with E-state index < -0.39 is 0 Å². The maximum Gasteiger partial charge on any atom is 0.101 e. The predicted octanol–water partition coefficient (Wildman–Crippen LogP) is 9.03. The van der Waals surface area contributed by atoms with Gasteiger partial charge in [0.1, 0.15) is 10.0 Å². The summed E-state index contributed by atoms with van der Waals surface area (Å²) in [6.45, 7) is 0. The van der Waals surface area contributed by atoms with E-state index in [0.29, 0.717) is 0 Å². The molecule has 9 rings (SSSR count). The average Bonchev–Trinajstić information content (AvgIpc) is 3.70. The zero-order chi connectivity index (χ0) is 25.0. The van der Waals surface area contributed by atoms with Gasteiger partial charge in [-0.2, -0.15) is 0 Å². The van der Waals surface area contributed by atoms with Crippen molar-refractivity contribution in [3.63, 3.8) is 0 Å². The third-order valence-corrected chi connectivity index (χ3v) is 12.5. The van der Waals surface area contributed by atoms with Gasteiger partial charge in [0.15, 0.2) is 0 Å². The molecule has 4 heteroatoms. The van der Waals surface area contributed by atoms with Gasteiger partial charge in [-0.25, -0.2) is 9.97 Å². The van der Waals surface area contributed by atoms with Crippen molar-refractivity contribution in [2.75, 3.05) is 0 Å². The molecule has 3 aliphatic carbocycles. The number of para-hydroxylation sites is 2. The predicted molar refractivity (Wildman–Crippen MR) is 158 cm³/mol. The Hall–Kier alpha value is -3.34. The van der Waals surface area contributed by atoms with Crippen LogP contribution in [0.5, 0.6) is 0 Å². The van der Waals surface area contributed by atoms with Gasteiger partial charge in [-0.15, -0.1) is 22.7 Å². The smallest absolute Gasteiger partial charge is 0.101 e. The number of hydrogen-bond donors (Lipinski definition) is 0. The highest BCUT2D eigenvalue weighted by atomic mass is 32.1. The van der Waals surface area contributed by atoms with E-state index in [1.807, 2.05) is 22.7 Å². The van der Waals surface area contributed by atoms with Crippen molar-refractivity contribution in [3.05, 3.63) is 118 Å². The summed E-state index contributed by atoms with van der Waals surface area (Å²) in [5.41, 5.74) is 7.77. The SMILES string of the molecule is c1ccc2c(c1)-c1ccccc1C21C2(c3nc4ccccc4s3)CCCC1(c1nc3ccccc3s1)CC2. The van der Waals surface area contributed by atoms with Crippen molar-refractivity contribution in [3.8, 4) is 11.1 Å². The fourth-order valence-corrected chi connectivity index (χ4v) is 11.3. The molecule has 0 radical (unpaired) electrons. The number of thiazole rings is 2. The van der Waals surface area contributed by atoms with Crippen LogP contribution in [0.15, 0.2) is 97.1 Å². The number of benzene rings is 4. The monoisotopic (exact) mass is 526 g/mol. The number of fused-ring (bicyclic) bond motifs is 5.